The smallest absolute Gasteiger partial charge is 0.290 e. The number of nitrogens with two attached hydrogens (primary N) is 1. The third-order valence-electron chi connectivity index (χ3n) is 3.85. The molecule has 0 aliphatic rings. The van der Waals surface area contributed by atoms with Crippen LogP contribution in [0.1, 0.15) is 42.1 Å². The van der Waals surface area contributed by atoms with E-state index < -0.39 is 5.91 Å². The van der Waals surface area contributed by atoms with Crippen LogP contribution in [-0.4, -0.2) is 11.8 Å². The van der Waals surface area contributed by atoms with E-state index in [1.807, 2.05) is 24.3 Å². The maximum absolute atomic E-state index is 12.3. The molecule has 120 valence electrons. The van der Waals surface area contributed by atoms with E-state index in [0.717, 1.165) is 17.7 Å². The maximum atomic E-state index is 12.3. The zero-order valence-electron chi connectivity index (χ0n) is 13.5. The standard InChI is InChI=1S/C18H21N3O2/c1-3-13(2)15-8-4-5-9-16(15)20-17(22)12-21-10-6-7-14(11-21)18(19)23/h4-11,13H,3,12H2,1-2H3,(H2-,19,20,22,23)/p+1/t13-/m0/s1. The molecular weight excluding hydrogens is 290 g/mol. The lowest BCUT2D eigenvalue weighted by molar-refractivity contribution is -0.684. The highest BCUT2D eigenvalue weighted by atomic mass is 16.2. The van der Waals surface area contributed by atoms with Gasteiger partial charge in [-0.2, -0.15) is 4.57 Å². The third kappa shape index (κ3) is 4.39. The minimum Gasteiger partial charge on any atom is -0.365 e. The molecule has 3 N–H and O–H groups in total. The molecule has 0 saturated heterocycles. The van der Waals surface area contributed by atoms with E-state index in [1.165, 1.54) is 0 Å². The molecule has 23 heavy (non-hydrogen) atoms. The summed E-state index contributed by atoms with van der Waals surface area (Å²) in [5.41, 5.74) is 7.58. The van der Waals surface area contributed by atoms with Gasteiger partial charge in [-0.15, -0.1) is 0 Å². The van der Waals surface area contributed by atoms with Crippen LogP contribution >= 0.6 is 0 Å². The Morgan fingerprint density at radius 3 is 2.65 bits per heavy atom. The van der Waals surface area contributed by atoms with E-state index in [2.05, 4.69) is 19.2 Å². The summed E-state index contributed by atoms with van der Waals surface area (Å²) in [6.07, 6.45) is 4.30. The second-order valence-electron chi connectivity index (χ2n) is 5.57. The summed E-state index contributed by atoms with van der Waals surface area (Å²) < 4.78 is 1.64. The van der Waals surface area contributed by atoms with E-state index in [0.29, 0.717) is 11.5 Å². The van der Waals surface area contributed by atoms with E-state index in [-0.39, 0.29) is 12.5 Å². The Hall–Kier alpha value is -2.69. The Morgan fingerprint density at radius 1 is 1.22 bits per heavy atom. The summed E-state index contributed by atoms with van der Waals surface area (Å²) in [6, 6.07) is 11.1. The number of pyridine rings is 1. The predicted octanol–water partition coefficient (Wildman–Crippen LogP) is 2.23. The van der Waals surface area contributed by atoms with E-state index >= 15 is 0 Å². The lowest BCUT2D eigenvalue weighted by Crippen LogP contribution is -2.40. The number of primary amides is 1. The first-order chi connectivity index (χ1) is 11.0. The van der Waals surface area contributed by atoms with Crippen molar-refractivity contribution < 1.29 is 14.2 Å². The van der Waals surface area contributed by atoms with Crippen molar-refractivity contribution in [2.75, 3.05) is 5.32 Å². The lowest BCUT2D eigenvalue weighted by atomic mass is 9.97. The van der Waals surface area contributed by atoms with Crippen LogP contribution in [0.2, 0.25) is 0 Å². The van der Waals surface area contributed by atoms with Crippen molar-refractivity contribution in [3.05, 3.63) is 59.9 Å². The first kappa shape index (κ1) is 16.7. The zero-order valence-corrected chi connectivity index (χ0v) is 13.5. The summed E-state index contributed by atoms with van der Waals surface area (Å²) in [6.45, 7) is 4.38. The molecule has 2 aromatic rings. The van der Waals surface area contributed by atoms with Gasteiger partial charge in [-0.05, 0) is 30.0 Å². The maximum Gasteiger partial charge on any atom is 0.290 e. The highest BCUT2D eigenvalue weighted by molar-refractivity contribution is 5.92. The number of nitrogens with zero attached hydrogens (tertiary/aromatic N) is 1. The molecule has 0 spiro atoms. The minimum absolute atomic E-state index is 0.121. The summed E-state index contributed by atoms with van der Waals surface area (Å²) >= 11 is 0. The molecule has 0 unspecified atom stereocenters. The molecule has 5 nitrogen and oxygen atoms in total. The molecule has 0 saturated carbocycles. The van der Waals surface area contributed by atoms with Crippen molar-refractivity contribution >= 4 is 17.5 Å². The Labute approximate surface area is 136 Å². The highest BCUT2D eigenvalue weighted by Crippen LogP contribution is 2.26. The van der Waals surface area contributed by atoms with Crippen LogP contribution in [-0.2, 0) is 11.3 Å². The van der Waals surface area contributed by atoms with E-state index in [1.54, 1.807) is 29.1 Å². The molecule has 0 aliphatic carbocycles. The molecule has 1 aromatic carbocycles. The van der Waals surface area contributed by atoms with Crippen LogP contribution < -0.4 is 15.6 Å². The number of carbonyl (C=O) groups excluding carboxylic acids is 2. The van der Waals surface area contributed by atoms with Crippen molar-refractivity contribution in [3.63, 3.8) is 0 Å². The SMILES string of the molecule is CC[C@H](C)c1ccccc1NC(=O)C[n+]1cccc(C(N)=O)c1. The van der Waals surface area contributed by atoms with Gasteiger partial charge in [0.15, 0.2) is 12.4 Å². The molecule has 2 amide bonds. The van der Waals surface area contributed by atoms with Crippen LogP contribution in [0.3, 0.4) is 0 Å². The van der Waals surface area contributed by atoms with Crippen LogP contribution in [0.5, 0.6) is 0 Å². The molecule has 0 bridgehead atoms. The van der Waals surface area contributed by atoms with Crippen LogP contribution in [0.25, 0.3) is 0 Å². The molecule has 0 aliphatic heterocycles. The fourth-order valence-corrected chi connectivity index (χ4v) is 2.38. The van der Waals surface area contributed by atoms with Crippen LogP contribution in [0.15, 0.2) is 48.8 Å². The number of hydrogen-bond donors (Lipinski definition) is 2. The van der Waals surface area contributed by atoms with Gasteiger partial charge in [0, 0.05) is 11.8 Å². The quantitative estimate of drug-likeness (QED) is 0.803. The number of rotatable bonds is 6. The van der Waals surface area contributed by atoms with Crippen molar-refractivity contribution in [2.45, 2.75) is 32.7 Å². The Morgan fingerprint density at radius 2 is 1.96 bits per heavy atom. The monoisotopic (exact) mass is 312 g/mol. The lowest BCUT2D eigenvalue weighted by Gasteiger charge is -2.15. The Bertz CT molecular complexity index is 713. The summed E-state index contributed by atoms with van der Waals surface area (Å²) in [4.78, 5) is 23.5. The zero-order chi connectivity index (χ0) is 16.8. The van der Waals surface area contributed by atoms with E-state index in [9.17, 15) is 9.59 Å². The Kier molecular flexibility index (Phi) is 5.46. The van der Waals surface area contributed by atoms with Gasteiger partial charge in [0.2, 0.25) is 6.54 Å². The molecule has 0 fully saturated rings. The van der Waals surface area contributed by atoms with Crippen LogP contribution in [0.4, 0.5) is 5.69 Å². The largest absolute Gasteiger partial charge is 0.365 e. The van der Waals surface area contributed by atoms with Gasteiger partial charge < -0.3 is 11.1 Å². The van der Waals surface area contributed by atoms with Gasteiger partial charge in [0.25, 0.3) is 11.8 Å². The number of benzene rings is 1. The third-order valence-corrected chi connectivity index (χ3v) is 3.85. The van der Waals surface area contributed by atoms with Gasteiger partial charge in [0.1, 0.15) is 5.56 Å². The summed E-state index contributed by atoms with van der Waals surface area (Å²) in [7, 11) is 0. The predicted molar refractivity (Wildman–Crippen MR) is 88.9 cm³/mol. The number of nitrogens with one attached hydrogen (secondary N) is 1. The van der Waals surface area contributed by atoms with Gasteiger partial charge in [-0.1, -0.05) is 32.0 Å². The fraction of sp³-hybridized carbons (Fsp3) is 0.278. The topological polar surface area (TPSA) is 76.1 Å². The second kappa shape index (κ2) is 7.54. The molecular formula is C18H22N3O2+. The van der Waals surface area contributed by atoms with Gasteiger partial charge in [0.05, 0.1) is 0 Å². The number of anilines is 1. The average molecular weight is 312 g/mol. The van der Waals surface area contributed by atoms with Crippen LogP contribution in [0, 0.1) is 0 Å². The van der Waals surface area contributed by atoms with E-state index in [4.69, 9.17) is 5.73 Å². The molecule has 0 radical (unpaired) electrons. The van der Waals surface area contributed by atoms with Gasteiger partial charge in [-0.3, -0.25) is 9.59 Å². The first-order valence-corrected chi connectivity index (χ1v) is 7.69. The molecule has 1 aromatic heterocycles. The minimum atomic E-state index is -0.512. The molecule has 1 atom stereocenters. The van der Waals surface area contributed by atoms with Crippen molar-refractivity contribution in [3.8, 4) is 0 Å². The Balaban J connectivity index is 2.11. The summed E-state index contributed by atoms with van der Waals surface area (Å²) in [5.74, 6) is -0.286. The second-order valence-corrected chi connectivity index (χ2v) is 5.57. The average Bonchev–Trinajstić information content (AvgIpc) is 2.54. The summed E-state index contributed by atoms with van der Waals surface area (Å²) in [5, 5.41) is 2.95. The first-order valence-electron chi connectivity index (χ1n) is 7.69. The fourth-order valence-electron chi connectivity index (χ4n) is 2.38. The van der Waals surface area contributed by atoms with Gasteiger partial charge in [-0.25, -0.2) is 0 Å². The number of amides is 2. The highest BCUT2D eigenvalue weighted by Gasteiger charge is 2.15. The number of carbonyl (C=O) groups is 2. The molecule has 2 rings (SSSR count). The number of hydrogen-bond acceptors (Lipinski definition) is 2. The van der Waals surface area contributed by atoms with Gasteiger partial charge >= 0.3 is 0 Å². The molecule has 5 heteroatoms. The van der Waals surface area contributed by atoms with Crippen molar-refractivity contribution in [2.24, 2.45) is 5.73 Å². The number of aromatic nitrogens is 1. The van der Waals surface area contributed by atoms with Crippen molar-refractivity contribution in [1.29, 1.82) is 0 Å². The van der Waals surface area contributed by atoms with Crippen molar-refractivity contribution in [1.82, 2.24) is 0 Å². The normalized spacial score (nSPS) is 11.7. The number of para-hydroxylation sites is 1. The molecule has 1 heterocycles.